The van der Waals surface area contributed by atoms with Crippen molar-refractivity contribution in [1.82, 2.24) is 10.6 Å². The Morgan fingerprint density at radius 3 is 2.59 bits per heavy atom. The smallest absolute Gasteiger partial charge is 0.234 e. The Labute approximate surface area is 102 Å². The predicted molar refractivity (Wildman–Crippen MR) is 68.0 cm³/mol. The van der Waals surface area contributed by atoms with Crippen LogP contribution in [0, 0.1) is 0 Å². The quantitative estimate of drug-likeness (QED) is 0.750. The van der Waals surface area contributed by atoms with Crippen LogP contribution < -0.4 is 15.4 Å². The van der Waals surface area contributed by atoms with E-state index in [9.17, 15) is 4.79 Å². The van der Waals surface area contributed by atoms with E-state index >= 15 is 0 Å². The van der Waals surface area contributed by atoms with Gasteiger partial charge in [-0.05, 0) is 31.2 Å². The zero-order valence-electron chi connectivity index (χ0n) is 10.5. The van der Waals surface area contributed by atoms with Gasteiger partial charge < -0.3 is 15.4 Å². The number of carbonyl (C=O) groups excluding carboxylic acids is 1. The highest BCUT2D eigenvalue weighted by Gasteiger charge is 1.99. The van der Waals surface area contributed by atoms with Crippen LogP contribution in [0.15, 0.2) is 24.3 Å². The Bertz CT molecular complexity index is 336. The fraction of sp³-hybridized carbons (Fsp3) is 0.462. The van der Waals surface area contributed by atoms with Crippen LogP contribution in [-0.4, -0.2) is 26.1 Å². The number of carbonyl (C=O) groups is 1. The van der Waals surface area contributed by atoms with Gasteiger partial charge >= 0.3 is 0 Å². The van der Waals surface area contributed by atoms with E-state index in [4.69, 9.17) is 4.74 Å². The van der Waals surface area contributed by atoms with E-state index in [1.165, 1.54) is 0 Å². The number of rotatable bonds is 7. The molecule has 0 fully saturated rings. The minimum absolute atomic E-state index is 0.00110. The van der Waals surface area contributed by atoms with E-state index in [0.29, 0.717) is 13.1 Å². The first-order valence-corrected chi connectivity index (χ1v) is 5.89. The molecule has 0 aliphatic heterocycles. The maximum absolute atomic E-state index is 11.2. The Morgan fingerprint density at radius 2 is 2.00 bits per heavy atom. The van der Waals surface area contributed by atoms with Gasteiger partial charge in [0.05, 0.1) is 13.2 Å². The number of amides is 1. The fourth-order valence-corrected chi connectivity index (χ4v) is 1.35. The summed E-state index contributed by atoms with van der Waals surface area (Å²) in [4.78, 5) is 11.2. The van der Waals surface area contributed by atoms with E-state index < -0.39 is 0 Å². The van der Waals surface area contributed by atoms with Crippen molar-refractivity contribution in [1.29, 1.82) is 0 Å². The van der Waals surface area contributed by atoms with Gasteiger partial charge in [-0.1, -0.05) is 19.1 Å². The third-order valence-corrected chi connectivity index (χ3v) is 2.22. The second-order valence-electron chi connectivity index (χ2n) is 3.80. The molecule has 0 atom stereocenters. The molecule has 0 spiro atoms. The van der Waals surface area contributed by atoms with Crippen LogP contribution >= 0.6 is 0 Å². The summed E-state index contributed by atoms with van der Waals surface area (Å²) in [5.41, 5.74) is 1.07. The molecule has 2 N–H and O–H groups in total. The van der Waals surface area contributed by atoms with Crippen LogP contribution in [0.2, 0.25) is 0 Å². The van der Waals surface area contributed by atoms with E-state index in [0.717, 1.165) is 24.3 Å². The van der Waals surface area contributed by atoms with Gasteiger partial charge in [0.15, 0.2) is 0 Å². The second-order valence-corrected chi connectivity index (χ2v) is 3.80. The summed E-state index contributed by atoms with van der Waals surface area (Å²) < 4.78 is 5.48. The van der Waals surface area contributed by atoms with Gasteiger partial charge in [0.1, 0.15) is 5.75 Å². The number of nitrogens with one attached hydrogen (secondary N) is 2. The highest BCUT2D eigenvalue weighted by Crippen LogP contribution is 2.12. The molecular weight excluding hydrogens is 216 g/mol. The predicted octanol–water partition coefficient (Wildman–Crippen LogP) is 1.31. The average Bonchev–Trinajstić information content (AvgIpc) is 2.35. The fourth-order valence-electron chi connectivity index (χ4n) is 1.35. The van der Waals surface area contributed by atoms with Crippen LogP contribution in [0.3, 0.4) is 0 Å². The number of benzene rings is 1. The van der Waals surface area contributed by atoms with Crippen LogP contribution in [0.1, 0.15) is 18.9 Å². The molecule has 4 nitrogen and oxygen atoms in total. The van der Waals surface area contributed by atoms with Crippen molar-refractivity contribution >= 4 is 5.91 Å². The summed E-state index contributed by atoms with van der Waals surface area (Å²) in [6.45, 7) is 3.70. The summed E-state index contributed by atoms with van der Waals surface area (Å²) in [6.07, 6.45) is 1.00. The molecular formula is C13H20N2O2. The lowest BCUT2D eigenvalue weighted by Crippen LogP contribution is -2.31. The number of hydrogen-bond donors (Lipinski definition) is 2. The van der Waals surface area contributed by atoms with Gasteiger partial charge in [0.2, 0.25) is 5.91 Å². The zero-order chi connectivity index (χ0) is 12.5. The standard InChI is InChI=1S/C13H20N2O2/c1-3-8-17-12-6-4-11(5-7-12)9-15-13(16)10-14-2/h4-7,14H,3,8-10H2,1-2H3,(H,15,16). The van der Waals surface area contributed by atoms with Crippen LogP contribution in [0.25, 0.3) is 0 Å². The van der Waals surface area contributed by atoms with Crippen molar-refractivity contribution in [3.8, 4) is 5.75 Å². The number of likely N-dealkylation sites (N-methyl/N-ethyl adjacent to an activating group) is 1. The topological polar surface area (TPSA) is 50.4 Å². The van der Waals surface area contributed by atoms with E-state index in [1.807, 2.05) is 24.3 Å². The third-order valence-electron chi connectivity index (χ3n) is 2.22. The van der Waals surface area contributed by atoms with Crippen LogP contribution in [0.4, 0.5) is 0 Å². The number of ether oxygens (including phenoxy) is 1. The van der Waals surface area contributed by atoms with Crippen molar-refractivity contribution < 1.29 is 9.53 Å². The van der Waals surface area contributed by atoms with E-state index in [-0.39, 0.29) is 5.91 Å². The molecule has 0 aromatic heterocycles. The van der Waals surface area contributed by atoms with Crippen molar-refractivity contribution in [3.05, 3.63) is 29.8 Å². The van der Waals surface area contributed by atoms with Gasteiger partial charge in [-0.2, -0.15) is 0 Å². The number of hydrogen-bond acceptors (Lipinski definition) is 3. The molecule has 4 heteroatoms. The molecule has 0 saturated heterocycles. The molecule has 0 heterocycles. The molecule has 94 valence electrons. The highest BCUT2D eigenvalue weighted by atomic mass is 16.5. The van der Waals surface area contributed by atoms with Gasteiger partial charge in [0.25, 0.3) is 0 Å². The summed E-state index contributed by atoms with van der Waals surface area (Å²) in [5.74, 6) is 0.871. The van der Waals surface area contributed by atoms with Crippen molar-refractivity contribution in [2.75, 3.05) is 20.2 Å². The first-order valence-electron chi connectivity index (χ1n) is 5.89. The Hall–Kier alpha value is -1.55. The van der Waals surface area contributed by atoms with Gasteiger partial charge in [0, 0.05) is 6.54 Å². The summed E-state index contributed by atoms with van der Waals surface area (Å²) in [7, 11) is 1.75. The summed E-state index contributed by atoms with van der Waals surface area (Å²) >= 11 is 0. The van der Waals surface area contributed by atoms with E-state index in [2.05, 4.69) is 17.6 Å². The van der Waals surface area contributed by atoms with Gasteiger partial charge in [-0.15, -0.1) is 0 Å². The molecule has 0 saturated carbocycles. The second kappa shape index (κ2) is 7.68. The van der Waals surface area contributed by atoms with Crippen LogP contribution in [-0.2, 0) is 11.3 Å². The maximum Gasteiger partial charge on any atom is 0.234 e. The molecule has 0 aliphatic rings. The van der Waals surface area contributed by atoms with Crippen LogP contribution in [0.5, 0.6) is 5.75 Å². The molecule has 0 aliphatic carbocycles. The first-order chi connectivity index (χ1) is 8.26. The van der Waals surface area contributed by atoms with Crippen molar-refractivity contribution in [3.63, 3.8) is 0 Å². The normalized spacial score (nSPS) is 10.0. The maximum atomic E-state index is 11.2. The molecule has 0 unspecified atom stereocenters. The average molecular weight is 236 g/mol. The summed E-state index contributed by atoms with van der Waals surface area (Å²) in [6, 6.07) is 7.78. The lowest BCUT2D eigenvalue weighted by atomic mass is 10.2. The molecule has 1 aromatic carbocycles. The summed E-state index contributed by atoms with van der Waals surface area (Å²) in [5, 5.41) is 5.62. The third kappa shape index (κ3) is 5.36. The molecule has 1 rings (SSSR count). The van der Waals surface area contributed by atoms with Gasteiger partial charge in [-0.3, -0.25) is 4.79 Å². The first kappa shape index (κ1) is 13.5. The van der Waals surface area contributed by atoms with E-state index in [1.54, 1.807) is 7.05 Å². The van der Waals surface area contributed by atoms with Gasteiger partial charge in [-0.25, -0.2) is 0 Å². The lowest BCUT2D eigenvalue weighted by molar-refractivity contribution is -0.120. The molecule has 0 bridgehead atoms. The monoisotopic (exact) mass is 236 g/mol. The Balaban J connectivity index is 2.37. The zero-order valence-corrected chi connectivity index (χ0v) is 10.5. The molecule has 0 radical (unpaired) electrons. The van der Waals surface area contributed by atoms with Crippen molar-refractivity contribution in [2.24, 2.45) is 0 Å². The largest absolute Gasteiger partial charge is 0.494 e. The lowest BCUT2D eigenvalue weighted by Gasteiger charge is -2.07. The molecule has 1 aromatic rings. The Morgan fingerprint density at radius 1 is 1.29 bits per heavy atom. The SMILES string of the molecule is CCCOc1ccc(CNC(=O)CNC)cc1. The Kier molecular flexibility index (Phi) is 6.10. The minimum Gasteiger partial charge on any atom is -0.494 e. The van der Waals surface area contributed by atoms with Crippen molar-refractivity contribution in [2.45, 2.75) is 19.9 Å². The highest BCUT2D eigenvalue weighted by molar-refractivity contribution is 5.77. The minimum atomic E-state index is -0.00110. The molecule has 1 amide bonds. The molecule has 17 heavy (non-hydrogen) atoms.